The number of carbonyl (C=O) groups excluding carboxylic acids is 2. The number of nitrogens with zero attached hydrogens (tertiary/aromatic N) is 1. The molecule has 0 saturated heterocycles. The number of aryl methyl sites for hydroxylation is 1. The Hall–Kier alpha value is -2.32. The minimum absolute atomic E-state index is 0.138. The summed E-state index contributed by atoms with van der Waals surface area (Å²) in [7, 11) is 1.50. The molecule has 168 valence electrons. The Kier molecular flexibility index (Phi) is 13.3. The second kappa shape index (κ2) is 15.5. The Morgan fingerprint density at radius 3 is 2.55 bits per heavy atom. The Morgan fingerprint density at radius 2 is 1.94 bits per heavy atom. The van der Waals surface area contributed by atoms with E-state index in [1.165, 1.54) is 23.9 Å². The molecular formula is C23H31ClN4O2S. The first-order valence-electron chi connectivity index (χ1n) is 10.2. The lowest BCUT2D eigenvalue weighted by molar-refractivity contribution is -0.123. The van der Waals surface area contributed by atoms with Gasteiger partial charge in [-0.2, -0.15) is 0 Å². The number of thiazole rings is 1. The maximum atomic E-state index is 11.3. The number of benzene rings is 2. The summed E-state index contributed by atoms with van der Waals surface area (Å²) in [6.45, 7) is 2.53. The van der Waals surface area contributed by atoms with E-state index in [0.717, 1.165) is 40.9 Å². The van der Waals surface area contributed by atoms with E-state index in [9.17, 15) is 9.59 Å². The Labute approximate surface area is 193 Å². The zero-order chi connectivity index (χ0) is 23.1. The second-order valence-electron chi connectivity index (χ2n) is 6.47. The van der Waals surface area contributed by atoms with Gasteiger partial charge in [-0.15, -0.1) is 11.3 Å². The number of amides is 1. The number of fused-ring (bicyclic) bond motifs is 1. The van der Waals surface area contributed by atoms with Gasteiger partial charge in [0.15, 0.2) is 0 Å². The predicted octanol–water partition coefficient (Wildman–Crippen LogP) is 3.74. The number of carbonyl (C=O) groups is 2. The van der Waals surface area contributed by atoms with Crippen LogP contribution in [0.5, 0.6) is 0 Å². The van der Waals surface area contributed by atoms with Gasteiger partial charge in [-0.25, -0.2) is 4.98 Å². The normalized spacial score (nSPS) is 10.9. The fraction of sp³-hybridized carbons (Fsp3) is 0.348. The highest BCUT2D eigenvalue weighted by Gasteiger charge is 2.14. The highest BCUT2D eigenvalue weighted by molar-refractivity contribution is 7.18. The van der Waals surface area contributed by atoms with E-state index in [-0.39, 0.29) is 5.91 Å². The molecule has 5 N–H and O–H groups in total. The van der Waals surface area contributed by atoms with Crippen molar-refractivity contribution < 1.29 is 9.59 Å². The van der Waals surface area contributed by atoms with Gasteiger partial charge in [-0.05, 0) is 50.2 Å². The molecule has 0 fully saturated rings. The molecule has 0 bridgehead atoms. The summed E-state index contributed by atoms with van der Waals surface area (Å²) >= 11 is 7.40. The van der Waals surface area contributed by atoms with E-state index < -0.39 is 6.04 Å². The van der Waals surface area contributed by atoms with Crippen LogP contribution in [-0.2, 0) is 22.4 Å². The number of rotatable bonds is 8. The first kappa shape index (κ1) is 26.7. The first-order valence-corrected chi connectivity index (χ1v) is 11.4. The number of halogens is 1. The van der Waals surface area contributed by atoms with Gasteiger partial charge < -0.3 is 21.6 Å². The van der Waals surface area contributed by atoms with Crippen LogP contribution in [0.3, 0.4) is 0 Å². The lowest BCUT2D eigenvalue weighted by Crippen LogP contribution is -2.37. The van der Waals surface area contributed by atoms with Crippen LogP contribution >= 0.6 is 22.9 Å². The number of hydrogen-bond donors (Lipinski definition) is 3. The molecule has 1 amide bonds. The average Bonchev–Trinajstić information content (AvgIpc) is 3.20. The molecular weight excluding hydrogens is 432 g/mol. The monoisotopic (exact) mass is 462 g/mol. The van der Waals surface area contributed by atoms with Crippen LogP contribution in [0.25, 0.3) is 10.2 Å². The third-order valence-electron chi connectivity index (χ3n) is 4.13. The highest BCUT2D eigenvalue weighted by atomic mass is 35.5. The summed E-state index contributed by atoms with van der Waals surface area (Å²) in [5.41, 5.74) is 12.1. The average molecular weight is 463 g/mol. The van der Waals surface area contributed by atoms with Gasteiger partial charge in [-0.1, -0.05) is 48.9 Å². The maximum Gasteiger partial charge on any atom is 0.220 e. The van der Waals surface area contributed by atoms with E-state index in [1.807, 2.05) is 18.2 Å². The fourth-order valence-corrected chi connectivity index (χ4v) is 3.92. The van der Waals surface area contributed by atoms with Gasteiger partial charge in [0.25, 0.3) is 0 Å². The number of hydrogen-bond acceptors (Lipinski definition) is 6. The smallest absolute Gasteiger partial charge is 0.220 e. The summed E-state index contributed by atoms with van der Waals surface area (Å²) in [6.07, 6.45) is 3.71. The second-order valence-corrected chi connectivity index (χ2v) is 8.02. The van der Waals surface area contributed by atoms with E-state index in [1.54, 1.807) is 13.0 Å². The largest absolute Gasteiger partial charge is 0.346 e. The van der Waals surface area contributed by atoms with Crippen molar-refractivity contribution in [3.63, 3.8) is 0 Å². The molecule has 1 unspecified atom stereocenters. The van der Waals surface area contributed by atoms with Crippen molar-refractivity contribution in [3.8, 4) is 0 Å². The lowest BCUT2D eigenvalue weighted by Gasteiger charge is -2.09. The SMILES string of the molecule is CCC(=O)NC(C=O)Cc1nc2ccc(Cl)cc2s1.CN.NCCCc1ccccc1. The predicted molar refractivity (Wildman–Crippen MR) is 131 cm³/mol. The van der Waals surface area contributed by atoms with E-state index in [2.05, 4.69) is 40.3 Å². The number of nitrogens with one attached hydrogen (secondary N) is 1. The van der Waals surface area contributed by atoms with Crippen molar-refractivity contribution in [1.29, 1.82) is 0 Å². The van der Waals surface area contributed by atoms with Crippen LogP contribution < -0.4 is 16.8 Å². The molecule has 0 radical (unpaired) electrons. The van der Waals surface area contributed by atoms with Gasteiger partial charge >= 0.3 is 0 Å². The Morgan fingerprint density at radius 1 is 1.23 bits per heavy atom. The molecule has 2 aromatic carbocycles. The molecule has 8 heteroatoms. The quantitative estimate of drug-likeness (QED) is 0.441. The third kappa shape index (κ3) is 10.0. The van der Waals surface area contributed by atoms with Gasteiger partial charge in [0, 0.05) is 17.9 Å². The van der Waals surface area contributed by atoms with Crippen molar-refractivity contribution >= 4 is 45.3 Å². The van der Waals surface area contributed by atoms with Crippen LogP contribution in [0.2, 0.25) is 5.02 Å². The maximum absolute atomic E-state index is 11.3. The van der Waals surface area contributed by atoms with Gasteiger partial charge in [-0.3, -0.25) is 4.79 Å². The van der Waals surface area contributed by atoms with Crippen molar-refractivity contribution in [1.82, 2.24) is 10.3 Å². The zero-order valence-electron chi connectivity index (χ0n) is 18.0. The minimum Gasteiger partial charge on any atom is -0.346 e. The summed E-state index contributed by atoms with van der Waals surface area (Å²) in [5, 5.41) is 4.13. The van der Waals surface area contributed by atoms with Crippen molar-refractivity contribution in [2.45, 2.75) is 38.6 Å². The highest BCUT2D eigenvalue weighted by Crippen LogP contribution is 2.25. The Balaban J connectivity index is 0.000000337. The molecule has 3 aromatic rings. The van der Waals surface area contributed by atoms with Crippen LogP contribution in [0.4, 0.5) is 0 Å². The van der Waals surface area contributed by atoms with Crippen LogP contribution in [0.1, 0.15) is 30.3 Å². The molecule has 31 heavy (non-hydrogen) atoms. The zero-order valence-corrected chi connectivity index (χ0v) is 19.6. The van der Waals surface area contributed by atoms with Crippen LogP contribution in [0.15, 0.2) is 48.5 Å². The fourth-order valence-electron chi connectivity index (χ4n) is 2.61. The molecule has 0 aliphatic heterocycles. The summed E-state index contributed by atoms with van der Waals surface area (Å²) in [4.78, 5) is 26.7. The summed E-state index contributed by atoms with van der Waals surface area (Å²) in [6, 6.07) is 15.4. The standard InChI is InChI=1S/C13H13ClN2O2S.C9H13N.CH5N/c1-2-12(18)15-9(7-17)6-13-16-10-4-3-8(14)5-11(10)19-13;10-8-4-7-9-5-2-1-3-6-9;1-2/h3-5,7,9H,2,6H2,1H3,(H,15,18);1-3,5-6H,4,7-8,10H2;2H2,1H3. The Bertz CT molecular complexity index is 918. The molecule has 0 saturated carbocycles. The van der Waals surface area contributed by atoms with Crippen LogP contribution in [0, 0.1) is 0 Å². The van der Waals surface area contributed by atoms with Crippen molar-refractivity contribution in [2.24, 2.45) is 11.5 Å². The first-order chi connectivity index (χ1) is 15.0. The van der Waals surface area contributed by atoms with E-state index in [4.69, 9.17) is 17.3 Å². The molecule has 1 heterocycles. The van der Waals surface area contributed by atoms with E-state index in [0.29, 0.717) is 17.9 Å². The van der Waals surface area contributed by atoms with Crippen LogP contribution in [-0.4, -0.2) is 36.8 Å². The number of aldehydes is 1. The number of nitrogens with two attached hydrogens (primary N) is 2. The molecule has 1 atom stereocenters. The molecule has 0 spiro atoms. The topological polar surface area (TPSA) is 111 Å². The minimum atomic E-state index is -0.525. The molecule has 0 aliphatic carbocycles. The third-order valence-corrected chi connectivity index (χ3v) is 5.41. The summed E-state index contributed by atoms with van der Waals surface area (Å²) in [5.74, 6) is -0.138. The molecule has 6 nitrogen and oxygen atoms in total. The number of aromatic nitrogens is 1. The molecule has 3 rings (SSSR count). The lowest BCUT2D eigenvalue weighted by atomic mass is 10.1. The van der Waals surface area contributed by atoms with E-state index >= 15 is 0 Å². The van der Waals surface area contributed by atoms with Crippen molar-refractivity contribution in [2.75, 3.05) is 13.6 Å². The van der Waals surface area contributed by atoms with Gasteiger partial charge in [0.2, 0.25) is 5.91 Å². The van der Waals surface area contributed by atoms with Gasteiger partial charge in [0.05, 0.1) is 21.3 Å². The van der Waals surface area contributed by atoms with Crippen molar-refractivity contribution in [3.05, 3.63) is 64.1 Å². The summed E-state index contributed by atoms with van der Waals surface area (Å²) < 4.78 is 0.981. The molecule has 0 aliphatic rings. The van der Waals surface area contributed by atoms with Gasteiger partial charge in [0.1, 0.15) is 6.29 Å². The molecule has 1 aromatic heterocycles.